The van der Waals surface area contributed by atoms with Gasteiger partial charge in [-0.2, -0.15) is 0 Å². The molecule has 1 aliphatic rings. The monoisotopic (exact) mass is 268 g/mol. The molecule has 6 heteroatoms. The lowest BCUT2D eigenvalue weighted by molar-refractivity contribution is -0.138. The van der Waals surface area contributed by atoms with Crippen molar-refractivity contribution in [2.45, 2.75) is 44.6 Å². The van der Waals surface area contributed by atoms with Crippen molar-refractivity contribution in [2.24, 2.45) is 10.7 Å². The van der Waals surface area contributed by atoms with Gasteiger partial charge < -0.3 is 21.1 Å². The van der Waals surface area contributed by atoms with Crippen molar-refractivity contribution in [1.29, 1.82) is 0 Å². The summed E-state index contributed by atoms with van der Waals surface area (Å²) in [5.74, 6) is -1.03. The number of rotatable bonds is 5. The molecule has 6 nitrogen and oxygen atoms in total. The van der Waals surface area contributed by atoms with Crippen LogP contribution in [0.3, 0.4) is 0 Å². The Balaban J connectivity index is 2.67. The Morgan fingerprint density at radius 3 is 2.74 bits per heavy atom. The van der Waals surface area contributed by atoms with Crippen LogP contribution in [0, 0.1) is 0 Å². The minimum Gasteiger partial charge on any atom is -0.480 e. The minimum atomic E-state index is -1.13. The van der Waals surface area contributed by atoms with Crippen molar-refractivity contribution < 1.29 is 20.1 Å². The largest absolute Gasteiger partial charge is 0.480 e. The highest BCUT2D eigenvalue weighted by molar-refractivity contribution is 5.88. The summed E-state index contributed by atoms with van der Waals surface area (Å²) in [5, 5.41) is 27.4. The minimum absolute atomic E-state index is 0.262. The molecule has 0 saturated carbocycles. The molecule has 0 amide bonds. The Kier molecular flexibility index (Phi) is 5.88. The number of carboxylic acids is 1. The molecule has 0 aromatic rings. The highest BCUT2D eigenvalue weighted by atomic mass is 16.4. The smallest absolute Gasteiger partial charge is 0.320 e. The number of aliphatic hydroxyl groups excluding tert-OH is 2. The van der Waals surface area contributed by atoms with E-state index in [-0.39, 0.29) is 6.42 Å². The lowest BCUT2D eigenvalue weighted by Crippen LogP contribution is -2.30. The van der Waals surface area contributed by atoms with E-state index >= 15 is 0 Å². The van der Waals surface area contributed by atoms with Gasteiger partial charge in [0.25, 0.3) is 0 Å². The third-order valence-corrected chi connectivity index (χ3v) is 2.80. The lowest BCUT2D eigenvalue weighted by atomic mass is 10.1. The molecule has 1 aliphatic carbocycles. The molecule has 0 radical (unpaired) electrons. The molecule has 0 bridgehead atoms. The number of hydrogen-bond acceptors (Lipinski definition) is 5. The van der Waals surface area contributed by atoms with Crippen molar-refractivity contribution in [1.82, 2.24) is 0 Å². The number of aliphatic imine (C=N–C) groups is 1. The van der Waals surface area contributed by atoms with Gasteiger partial charge >= 0.3 is 5.97 Å². The predicted molar refractivity (Wildman–Crippen MR) is 71.8 cm³/mol. The van der Waals surface area contributed by atoms with Crippen LogP contribution in [0.4, 0.5) is 0 Å². The van der Waals surface area contributed by atoms with Crippen molar-refractivity contribution in [3.8, 4) is 0 Å². The van der Waals surface area contributed by atoms with Crippen molar-refractivity contribution >= 4 is 11.7 Å². The number of aliphatic carboxylic acids is 1. The first-order valence-corrected chi connectivity index (χ1v) is 6.15. The van der Waals surface area contributed by atoms with Gasteiger partial charge in [0.1, 0.15) is 6.04 Å². The summed E-state index contributed by atoms with van der Waals surface area (Å²) in [7, 11) is 0. The first kappa shape index (κ1) is 15.6. The predicted octanol–water partition coefficient (Wildman–Crippen LogP) is 0.205. The molecule has 1 rings (SSSR count). The van der Waals surface area contributed by atoms with E-state index in [0.717, 1.165) is 11.3 Å². The lowest BCUT2D eigenvalue weighted by Gasteiger charge is -2.10. The molecule has 5 N–H and O–H groups in total. The maximum Gasteiger partial charge on any atom is 0.320 e. The van der Waals surface area contributed by atoms with E-state index in [1.807, 2.05) is 18.2 Å². The molecule has 106 valence electrons. The third-order valence-electron chi connectivity index (χ3n) is 2.80. The van der Waals surface area contributed by atoms with Crippen LogP contribution in [0.5, 0.6) is 0 Å². The van der Waals surface area contributed by atoms with Gasteiger partial charge in [-0.3, -0.25) is 9.79 Å². The summed E-state index contributed by atoms with van der Waals surface area (Å²) >= 11 is 0. The number of carboxylic acid groups (broad SMARTS) is 1. The number of nitrogens with zero attached hydrogens (tertiary/aromatic N) is 1. The summed E-state index contributed by atoms with van der Waals surface area (Å²) in [6.45, 7) is 1.47. The van der Waals surface area contributed by atoms with Crippen LogP contribution in [-0.2, 0) is 4.79 Å². The maximum absolute atomic E-state index is 10.7. The first-order valence-electron chi connectivity index (χ1n) is 6.15. The van der Waals surface area contributed by atoms with Crippen LogP contribution in [0.25, 0.3) is 0 Å². The Morgan fingerprint density at radius 2 is 2.16 bits per heavy atom. The van der Waals surface area contributed by atoms with E-state index in [2.05, 4.69) is 4.99 Å². The van der Waals surface area contributed by atoms with Crippen LogP contribution in [0.2, 0.25) is 0 Å². The summed E-state index contributed by atoms with van der Waals surface area (Å²) in [6.07, 6.45) is 4.81. The average molecular weight is 268 g/mol. The Hall–Kier alpha value is -1.50. The Bertz CT molecular complexity index is 413. The van der Waals surface area contributed by atoms with Crippen molar-refractivity contribution in [3.05, 3.63) is 23.8 Å². The van der Waals surface area contributed by atoms with Crippen molar-refractivity contribution in [3.63, 3.8) is 0 Å². The third kappa shape index (κ3) is 5.34. The Labute approximate surface area is 112 Å². The molecule has 0 fully saturated rings. The van der Waals surface area contributed by atoms with Gasteiger partial charge in [0.2, 0.25) is 0 Å². The average Bonchev–Trinajstić information content (AvgIpc) is 2.54. The van der Waals surface area contributed by atoms with Crippen LogP contribution in [-0.4, -0.2) is 45.4 Å². The number of allylic oxidation sites excluding steroid dienone is 3. The number of hydrogen-bond donors (Lipinski definition) is 4. The van der Waals surface area contributed by atoms with Gasteiger partial charge in [-0.1, -0.05) is 18.2 Å². The van der Waals surface area contributed by atoms with Crippen LogP contribution < -0.4 is 5.73 Å². The van der Waals surface area contributed by atoms with E-state index in [1.165, 1.54) is 6.92 Å². The molecule has 0 saturated heterocycles. The zero-order chi connectivity index (χ0) is 14.4. The fourth-order valence-corrected chi connectivity index (χ4v) is 1.64. The SMILES string of the molecule is CC(O)C(O)N=C1CC=CC(CC(N)C(=O)O)=CC1. The zero-order valence-electron chi connectivity index (χ0n) is 10.9. The summed E-state index contributed by atoms with van der Waals surface area (Å²) in [6, 6.07) is -0.919. The second-order valence-corrected chi connectivity index (χ2v) is 4.59. The molecule has 0 spiro atoms. The van der Waals surface area contributed by atoms with Gasteiger partial charge in [0.15, 0.2) is 6.23 Å². The number of nitrogens with two attached hydrogens (primary N) is 1. The quantitative estimate of drug-likeness (QED) is 0.568. The van der Waals surface area contributed by atoms with E-state index in [4.69, 9.17) is 10.8 Å². The zero-order valence-corrected chi connectivity index (χ0v) is 10.9. The molecular weight excluding hydrogens is 248 g/mol. The van der Waals surface area contributed by atoms with Crippen LogP contribution in [0.1, 0.15) is 26.2 Å². The molecule has 0 aromatic heterocycles. The summed E-state index contributed by atoms with van der Waals surface area (Å²) < 4.78 is 0. The highest BCUT2D eigenvalue weighted by Gasteiger charge is 2.14. The standard InChI is InChI=1S/C13H20N2O4/c1-8(16)12(17)15-10-4-2-3-9(5-6-10)7-11(14)13(18)19/h2-3,5,8,11-12,16-17H,4,6-7,14H2,1H3,(H,18,19). The molecule has 19 heavy (non-hydrogen) atoms. The van der Waals surface area contributed by atoms with Gasteiger partial charge in [0, 0.05) is 18.6 Å². The maximum atomic E-state index is 10.7. The number of aliphatic hydroxyl groups is 2. The van der Waals surface area contributed by atoms with Gasteiger partial charge in [-0.15, -0.1) is 0 Å². The molecule has 0 aliphatic heterocycles. The molecular formula is C13H20N2O4. The van der Waals surface area contributed by atoms with Crippen molar-refractivity contribution in [2.75, 3.05) is 0 Å². The fraction of sp³-hybridized carbons (Fsp3) is 0.538. The molecule has 3 unspecified atom stereocenters. The molecule has 3 atom stereocenters. The first-order chi connectivity index (χ1) is 8.90. The summed E-state index contributed by atoms with van der Waals surface area (Å²) in [4.78, 5) is 14.7. The Morgan fingerprint density at radius 1 is 1.47 bits per heavy atom. The second-order valence-electron chi connectivity index (χ2n) is 4.59. The van der Waals surface area contributed by atoms with E-state index in [1.54, 1.807) is 0 Å². The van der Waals surface area contributed by atoms with E-state index < -0.39 is 24.3 Å². The van der Waals surface area contributed by atoms with Crippen LogP contribution in [0.15, 0.2) is 28.8 Å². The number of carbonyl (C=O) groups is 1. The summed E-state index contributed by atoms with van der Waals surface area (Å²) in [5.41, 5.74) is 7.05. The van der Waals surface area contributed by atoms with E-state index in [9.17, 15) is 15.0 Å². The highest BCUT2D eigenvalue weighted by Crippen LogP contribution is 2.14. The second kappa shape index (κ2) is 7.18. The molecule has 0 aromatic carbocycles. The van der Waals surface area contributed by atoms with Crippen LogP contribution >= 0.6 is 0 Å². The topological polar surface area (TPSA) is 116 Å². The van der Waals surface area contributed by atoms with Gasteiger partial charge in [0.05, 0.1) is 6.10 Å². The fourth-order valence-electron chi connectivity index (χ4n) is 1.64. The van der Waals surface area contributed by atoms with Gasteiger partial charge in [-0.25, -0.2) is 0 Å². The molecule has 0 heterocycles. The van der Waals surface area contributed by atoms with Gasteiger partial charge in [-0.05, 0) is 18.9 Å². The normalized spacial score (nSPS) is 22.5. The van der Waals surface area contributed by atoms with E-state index in [0.29, 0.717) is 12.8 Å².